The summed E-state index contributed by atoms with van der Waals surface area (Å²) >= 11 is 0. The van der Waals surface area contributed by atoms with Gasteiger partial charge in [-0.2, -0.15) is 5.10 Å². The van der Waals surface area contributed by atoms with E-state index in [1.54, 1.807) is 6.07 Å². The third-order valence-electron chi connectivity index (χ3n) is 6.76. The van der Waals surface area contributed by atoms with Crippen LogP contribution in [0.3, 0.4) is 0 Å². The fraction of sp³-hybridized carbons (Fsp3) is 0.500. The van der Waals surface area contributed by atoms with E-state index in [0.717, 1.165) is 73.4 Å². The molecule has 0 spiro atoms. The second-order valence-corrected chi connectivity index (χ2v) is 9.13. The Morgan fingerprint density at radius 1 is 1.13 bits per heavy atom. The van der Waals surface area contributed by atoms with E-state index in [9.17, 15) is 4.79 Å². The molecule has 1 aliphatic heterocycles. The van der Waals surface area contributed by atoms with Crippen molar-refractivity contribution >= 4 is 11.6 Å². The Morgan fingerprint density at radius 3 is 2.77 bits per heavy atom. The maximum absolute atomic E-state index is 13.3. The summed E-state index contributed by atoms with van der Waals surface area (Å²) < 4.78 is 1.87. The SMILES string of the molecule is Cc1cccc(C(=O)N2CCCC[C@H]2c2cc3nc(C4CC[C@H](N)C4)c(C)cn3n2)n1. The molecule has 1 saturated carbocycles. The Morgan fingerprint density at radius 2 is 2.00 bits per heavy atom. The van der Waals surface area contributed by atoms with Crippen LogP contribution >= 0.6 is 0 Å². The quantitative estimate of drug-likeness (QED) is 0.700. The monoisotopic (exact) mass is 418 g/mol. The van der Waals surface area contributed by atoms with Crippen LogP contribution in [0.15, 0.2) is 30.5 Å². The number of fused-ring (bicyclic) bond motifs is 1. The smallest absolute Gasteiger partial charge is 0.273 e. The Labute approximate surface area is 182 Å². The molecule has 5 rings (SSSR count). The molecule has 1 saturated heterocycles. The van der Waals surface area contributed by atoms with Gasteiger partial charge >= 0.3 is 0 Å². The molecule has 0 bridgehead atoms. The van der Waals surface area contributed by atoms with Crippen LogP contribution < -0.4 is 5.73 Å². The van der Waals surface area contributed by atoms with Crippen molar-refractivity contribution in [1.82, 2.24) is 24.5 Å². The van der Waals surface area contributed by atoms with Crippen LogP contribution in [-0.4, -0.2) is 43.0 Å². The minimum Gasteiger partial charge on any atom is -0.329 e. The van der Waals surface area contributed by atoms with Gasteiger partial charge in [-0.1, -0.05) is 6.07 Å². The second kappa shape index (κ2) is 8.04. The number of hydrogen-bond donors (Lipinski definition) is 1. The van der Waals surface area contributed by atoms with Gasteiger partial charge < -0.3 is 10.6 Å². The summed E-state index contributed by atoms with van der Waals surface area (Å²) in [6.45, 7) is 4.74. The second-order valence-electron chi connectivity index (χ2n) is 9.13. The van der Waals surface area contributed by atoms with Gasteiger partial charge in [-0.3, -0.25) is 4.79 Å². The highest BCUT2D eigenvalue weighted by Crippen LogP contribution is 2.35. The van der Waals surface area contributed by atoms with Crippen LogP contribution in [0.4, 0.5) is 0 Å². The number of likely N-dealkylation sites (tertiary alicyclic amines) is 1. The highest BCUT2D eigenvalue weighted by Gasteiger charge is 2.32. The summed E-state index contributed by atoms with van der Waals surface area (Å²) in [5, 5.41) is 4.84. The van der Waals surface area contributed by atoms with Crippen molar-refractivity contribution in [3.8, 4) is 0 Å². The molecule has 7 heteroatoms. The normalized spacial score (nSPS) is 24.1. The molecule has 7 nitrogen and oxygen atoms in total. The molecule has 2 fully saturated rings. The average molecular weight is 419 g/mol. The molecule has 3 atom stereocenters. The number of carbonyl (C=O) groups is 1. The lowest BCUT2D eigenvalue weighted by atomic mass is 9.98. The summed E-state index contributed by atoms with van der Waals surface area (Å²) in [5.74, 6) is 0.411. The number of piperidine rings is 1. The first-order valence-electron chi connectivity index (χ1n) is 11.4. The third-order valence-corrected chi connectivity index (χ3v) is 6.76. The van der Waals surface area contributed by atoms with Gasteiger partial charge in [-0.25, -0.2) is 14.5 Å². The van der Waals surface area contributed by atoms with Gasteiger partial charge in [0.25, 0.3) is 5.91 Å². The highest BCUT2D eigenvalue weighted by molar-refractivity contribution is 5.92. The van der Waals surface area contributed by atoms with Crippen molar-refractivity contribution in [2.45, 2.75) is 70.4 Å². The first-order chi connectivity index (χ1) is 15.0. The van der Waals surface area contributed by atoms with E-state index in [4.69, 9.17) is 15.8 Å². The van der Waals surface area contributed by atoms with E-state index in [-0.39, 0.29) is 18.0 Å². The van der Waals surface area contributed by atoms with Crippen LogP contribution in [0.2, 0.25) is 0 Å². The Hall–Kier alpha value is -2.80. The first kappa shape index (κ1) is 20.1. The summed E-state index contributed by atoms with van der Waals surface area (Å²) in [4.78, 5) is 24.6. The minimum atomic E-state index is -0.0473. The molecule has 2 aliphatic rings. The summed E-state index contributed by atoms with van der Waals surface area (Å²) in [6.07, 6.45) is 8.23. The number of aromatic nitrogens is 4. The molecule has 2 N–H and O–H groups in total. The maximum atomic E-state index is 13.3. The van der Waals surface area contributed by atoms with Crippen LogP contribution in [-0.2, 0) is 0 Å². The van der Waals surface area contributed by atoms with Crippen molar-refractivity contribution < 1.29 is 4.79 Å². The van der Waals surface area contributed by atoms with E-state index < -0.39 is 0 Å². The number of amides is 1. The number of hydrogen-bond acceptors (Lipinski definition) is 5. The molecule has 31 heavy (non-hydrogen) atoms. The molecular formula is C24H30N6O. The third kappa shape index (κ3) is 3.82. The largest absolute Gasteiger partial charge is 0.329 e. The summed E-state index contributed by atoms with van der Waals surface area (Å²) in [7, 11) is 0. The molecule has 0 aromatic carbocycles. The fourth-order valence-electron chi connectivity index (χ4n) is 5.17. The number of nitrogens with two attached hydrogens (primary N) is 1. The zero-order chi connectivity index (χ0) is 21.5. The molecule has 162 valence electrons. The molecular weight excluding hydrogens is 388 g/mol. The van der Waals surface area contributed by atoms with E-state index in [1.165, 1.54) is 0 Å². The number of carbonyl (C=O) groups excluding carboxylic acids is 1. The lowest BCUT2D eigenvalue weighted by molar-refractivity contribution is 0.0599. The minimum absolute atomic E-state index is 0.0183. The van der Waals surface area contributed by atoms with Gasteiger partial charge in [0.05, 0.1) is 17.4 Å². The number of pyridine rings is 1. The predicted octanol–water partition coefficient (Wildman–Crippen LogP) is 3.70. The van der Waals surface area contributed by atoms with Crippen LogP contribution in [0.25, 0.3) is 5.65 Å². The molecule has 3 aromatic rings. The number of nitrogens with zero attached hydrogens (tertiary/aromatic N) is 5. The van der Waals surface area contributed by atoms with Crippen molar-refractivity contribution in [2.24, 2.45) is 5.73 Å². The lowest BCUT2D eigenvalue weighted by Crippen LogP contribution is -2.39. The van der Waals surface area contributed by atoms with Crippen molar-refractivity contribution in [2.75, 3.05) is 6.54 Å². The first-order valence-corrected chi connectivity index (χ1v) is 11.4. The Bertz CT molecular complexity index is 1120. The number of aryl methyl sites for hydroxylation is 2. The van der Waals surface area contributed by atoms with E-state index in [1.807, 2.05) is 28.5 Å². The van der Waals surface area contributed by atoms with E-state index in [0.29, 0.717) is 11.6 Å². The van der Waals surface area contributed by atoms with Crippen molar-refractivity contribution in [1.29, 1.82) is 0 Å². The van der Waals surface area contributed by atoms with Gasteiger partial charge in [0.2, 0.25) is 0 Å². The molecule has 1 amide bonds. The molecule has 1 unspecified atom stereocenters. The van der Waals surface area contributed by atoms with Gasteiger partial charge in [0, 0.05) is 36.5 Å². The maximum Gasteiger partial charge on any atom is 0.273 e. The van der Waals surface area contributed by atoms with Gasteiger partial charge in [0.15, 0.2) is 5.65 Å². The molecule has 0 radical (unpaired) electrons. The Balaban J connectivity index is 1.47. The van der Waals surface area contributed by atoms with Gasteiger partial charge in [0.1, 0.15) is 5.69 Å². The van der Waals surface area contributed by atoms with E-state index in [2.05, 4.69) is 24.2 Å². The fourth-order valence-corrected chi connectivity index (χ4v) is 5.17. The van der Waals surface area contributed by atoms with Crippen molar-refractivity contribution in [3.63, 3.8) is 0 Å². The number of rotatable bonds is 3. The van der Waals surface area contributed by atoms with Crippen molar-refractivity contribution in [3.05, 3.63) is 58.8 Å². The zero-order valence-electron chi connectivity index (χ0n) is 18.3. The van der Waals surface area contributed by atoms with Gasteiger partial charge in [-0.05, 0) is 70.1 Å². The predicted molar refractivity (Wildman–Crippen MR) is 119 cm³/mol. The molecule has 4 heterocycles. The Kier molecular flexibility index (Phi) is 5.22. The zero-order valence-corrected chi connectivity index (χ0v) is 18.3. The standard InChI is InChI=1S/C24H30N6O/c1-15-14-30-22(27-23(15)17-9-10-18(25)12-17)13-20(28-30)21-8-3-4-11-29(21)24(31)19-7-5-6-16(2)26-19/h5-7,13-14,17-18,21H,3-4,8-12,25H2,1-2H3/t17?,18-,21-/m0/s1. The molecule has 3 aromatic heterocycles. The van der Waals surface area contributed by atoms with Crippen LogP contribution in [0.5, 0.6) is 0 Å². The topological polar surface area (TPSA) is 89.4 Å². The lowest BCUT2D eigenvalue weighted by Gasteiger charge is -2.34. The van der Waals surface area contributed by atoms with Crippen LogP contribution in [0, 0.1) is 13.8 Å². The summed E-state index contributed by atoms with van der Waals surface area (Å²) in [5.41, 5.74) is 11.6. The van der Waals surface area contributed by atoms with Crippen LogP contribution in [0.1, 0.15) is 83.6 Å². The van der Waals surface area contributed by atoms with E-state index >= 15 is 0 Å². The highest BCUT2D eigenvalue weighted by atomic mass is 16.2. The van der Waals surface area contributed by atoms with Gasteiger partial charge in [-0.15, -0.1) is 0 Å². The summed E-state index contributed by atoms with van der Waals surface area (Å²) in [6, 6.07) is 7.89. The molecule has 1 aliphatic carbocycles. The average Bonchev–Trinajstić information content (AvgIpc) is 3.38.